The van der Waals surface area contributed by atoms with Crippen molar-refractivity contribution >= 4 is 0 Å². The largest absolute Gasteiger partial charge is 0.314 e. The Balaban J connectivity index is 1.62. The molecule has 1 atom stereocenters. The molecule has 1 saturated carbocycles. The first-order valence-electron chi connectivity index (χ1n) is 8.12. The van der Waals surface area contributed by atoms with Crippen LogP contribution in [0.3, 0.4) is 0 Å². The first-order chi connectivity index (χ1) is 9.34. The summed E-state index contributed by atoms with van der Waals surface area (Å²) in [5, 5.41) is 3.75. The molecule has 0 saturated heterocycles. The quantitative estimate of drug-likeness (QED) is 0.738. The van der Waals surface area contributed by atoms with Crippen molar-refractivity contribution in [2.45, 2.75) is 64.3 Å². The number of aryl methyl sites for hydroxylation is 1. The van der Waals surface area contributed by atoms with Crippen molar-refractivity contribution in [2.75, 3.05) is 6.54 Å². The van der Waals surface area contributed by atoms with Crippen LogP contribution in [0.4, 0.5) is 0 Å². The van der Waals surface area contributed by atoms with Crippen LogP contribution < -0.4 is 5.32 Å². The average molecular weight is 259 g/mol. The van der Waals surface area contributed by atoms with E-state index in [-0.39, 0.29) is 0 Å². The lowest BCUT2D eigenvalue weighted by molar-refractivity contribution is 0.391. The second-order valence-corrected chi connectivity index (χ2v) is 6.19. The average Bonchev–Trinajstić information content (AvgIpc) is 2.73. The third-order valence-electron chi connectivity index (χ3n) is 4.44. The van der Waals surface area contributed by atoms with Crippen LogP contribution in [0.2, 0.25) is 0 Å². The fraction of sp³-hybridized carbons (Fsp3) is 0.667. The molecule has 0 heterocycles. The van der Waals surface area contributed by atoms with Gasteiger partial charge in [-0.05, 0) is 50.6 Å². The second-order valence-electron chi connectivity index (χ2n) is 6.19. The van der Waals surface area contributed by atoms with Crippen LogP contribution in [0, 0.1) is 5.92 Å². The molecule has 106 valence electrons. The van der Waals surface area contributed by atoms with E-state index in [1.165, 1.54) is 63.5 Å². The van der Waals surface area contributed by atoms with E-state index in [0.717, 1.165) is 5.92 Å². The first-order valence-corrected chi connectivity index (χ1v) is 8.12. The molecule has 0 aliphatic heterocycles. The highest BCUT2D eigenvalue weighted by Gasteiger charge is 2.12. The molecule has 1 aromatic carbocycles. The Morgan fingerprint density at radius 2 is 1.74 bits per heavy atom. The van der Waals surface area contributed by atoms with Gasteiger partial charge in [-0.3, -0.25) is 0 Å². The maximum absolute atomic E-state index is 3.75. The molecule has 1 nitrogen and oxygen atoms in total. The Bertz CT molecular complexity index is 325. The summed E-state index contributed by atoms with van der Waals surface area (Å²) in [6, 6.07) is 11.5. The van der Waals surface area contributed by atoms with E-state index in [9.17, 15) is 0 Å². The van der Waals surface area contributed by atoms with Crippen LogP contribution in [0.15, 0.2) is 30.3 Å². The molecule has 1 fully saturated rings. The maximum Gasteiger partial charge on any atom is 0.00420 e. The standard InChI is InChI=1S/C18H29N/c1-16(13-14-17-9-7-4-8-10-17)19-15-18-11-5-2-3-6-12-18/h4,7-10,16,18-19H,2-3,5-6,11-15H2,1H3. The summed E-state index contributed by atoms with van der Waals surface area (Å²) in [6.45, 7) is 3.57. The molecule has 1 aliphatic carbocycles. The summed E-state index contributed by atoms with van der Waals surface area (Å²) in [5.41, 5.74) is 1.46. The van der Waals surface area contributed by atoms with Crippen molar-refractivity contribution in [3.05, 3.63) is 35.9 Å². The smallest absolute Gasteiger partial charge is 0.00420 e. The summed E-state index contributed by atoms with van der Waals surface area (Å²) in [6.07, 6.45) is 11.1. The highest BCUT2D eigenvalue weighted by Crippen LogP contribution is 2.22. The van der Waals surface area contributed by atoms with E-state index in [1.807, 2.05) is 0 Å². The number of nitrogens with one attached hydrogen (secondary N) is 1. The molecule has 0 bridgehead atoms. The van der Waals surface area contributed by atoms with E-state index >= 15 is 0 Å². The lowest BCUT2D eigenvalue weighted by atomic mass is 9.99. The maximum atomic E-state index is 3.75. The van der Waals surface area contributed by atoms with E-state index in [2.05, 4.69) is 42.6 Å². The lowest BCUT2D eigenvalue weighted by Crippen LogP contribution is -2.31. The van der Waals surface area contributed by atoms with E-state index in [1.54, 1.807) is 0 Å². The van der Waals surface area contributed by atoms with Gasteiger partial charge in [0.05, 0.1) is 0 Å². The molecule has 2 rings (SSSR count). The second kappa shape index (κ2) is 8.37. The summed E-state index contributed by atoms with van der Waals surface area (Å²) in [7, 11) is 0. The van der Waals surface area contributed by atoms with E-state index in [0.29, 0.717) is 6.04 Å². The molecule has 1 heteroatoms. The first kappa shape index (κ1) is 14.6. The molecular weight excluding hydrogens is 230 g/mol. The highest BCUT2D eigenvalue weighted by molar-refractivity contribution is 5.14. The van der Waals surface area contributed by atoms with Crippen LogP contribution >= 0.6 is 0 Å². The van der Waals surface area contributed by atoms with Crippen LogP contribution in [0.1, 0.15) is 57.4 Å². The van der Waals surface area contributed by atoms with Gasteiger partial charge < -0.3 is 5.32 Å². The number of rotatable bonds is 6. The predicted octanol–water partition coefficient (Wildman–Crippen LogP) is 4.57. The Hall–Kier alpha value is -0.820. The zero-order chi connectivity index (χ0) is 13.3. The van der Waals surface area contributed by atoms with Gasteiger partial charge in [-0.2, -0.15) is 0 Å². The molecule has 1 unspecified atom stereocenters. The van der Waals surface area contributed by atoms with Gasteiger partial charge in [-0.1, -0.05) is 56.0 Å². The van der Waals surface area contributed by atoms with Crippen LogP contribution in [0.5, 0.6) is 0 Å². The van der Waals surface area contributed by atoms with Crippen LogP contribution in [0.25, 0.3) is 0 Å². The summed E-state index contributed by atoms with van der Waals surface area (Å²) < 4.78 is 0. The van der Waals surface area contributed by atoms with Gasteiger partial charge in [-0.15, -0.1) is 0 Å². The summed E-state index contributed by atoms with van der Waals surface area (Å²) >= 11 is 0. The Labute approximate surface area is 118 Å². The third kappa shape index (κ3) is 5.78. The van der Waals surface area contributed by atoms with Gasteiger partial charge in [0.2, 0.25) is 0 Å². The highest BCUT2D eigenvalue weighted by atomic mass is 14.9. The number of benzene rings is 1. The lowest BCUT2D eigenvalue weighted by Gasteiger charge is -2.19. The molecule has 0 spiro atoms. The van der Waals surface area contributed by atoms with Crippen molar-refractivity contribution in [3.8, 4) is 0 Å². The molecule has 1 N–H and O–H groups in total. The fourth-order valence-electron chi connectivity index (χ4n) is 3.07. The Morgan fingerprint density at radius 3 is 2.42 bits per heavy atom. The fourth-order valence-corrected chi connectivity index (χ4v) is 3.07. The van der Waals surface area contributed by atoms with Crippen LogP contribution in [-0.4, -0.2) is 12.6 Å². The minimum absolute atomic E-state index is 0.642. The van der Waals surface area contributed by atoms with Crippen molar-refractivity contribution in [3.63, 3.8) is 0 Å². The minimum atomic E-state index is 0.642. The van der Waals surface area contributed by atoms with Crippen molar-refractivity contribution < 1.29 is 0 Å². The molecule has 19 heavy (non-hydrogen) atoms. The molecule has 0 amide bonds. The van der Waals surface area contributed by atoms with Gasteiger partial charge in [0.25, 0.3) is 0 Å². The molecular formula is C18H29N. The minimum Gasteiger partial charge on any atom is -0.314 e. The molecule has 1 aliphatic rings. The van der Waals surface area contributed by atoms with E-state index in [4.69, 9.17) is 0 Å². The van der Waals surface area contributed by atoms with Crippen molar-refractivity contribution in [1.82, 2.24) is 5.32 Å². The predicted molar refractivity (Wildman–Crippen MR) is 83.4 cm³/mol. The monoisotopic (exact) mass is 259 g/mol. The number of hydrogen-bond acceptors (Lipinski definition) is 1. The topological polar surface area (TPSA) is 12.0 Å². The van der Waals surface area contributed by atoms with E-state index < -0.39 is 0 Å². The van der Waals surface area contributed by atoms with Gasteiger partial charge in [0, 0.05) is 6.04 Å². The van der Waals surface area contributed by atoms with Crippen molar-refractivity contribution in [2.24, 2.45) is 5.92 Å². The van der Waals surface area contributed by atoms with Gasteiger partial charge in [-0.25, -0.2) is 0 Å². The Kier molecular flexibility index (Phi) is 6.43. The van der Waals surface area contributed by atoms with Gasteiger partial charge in [0.15, 0.2) is 0 Å². The molecule has 0 aromatic heterocycles. The van der Waals surface area contributed by atoms with Gasteiger partial charge >= 0.3 is 0 Å². The summed E-state index contributed by atoms with van der Waals surface area (Å²) in [4.78, 5) is 0. The SMILES string of the molecule is CC(CCc1ccccc1)NCC1CCCCCC1. The molecule has 0 radical (unpaired) electrons. The summed E-state index contributed by atoms with van der Waals surface area (Å²) in [5.74, 6) is 0.932. The normalized spacial score (nSPS) is 19.0. The van der Waals surface area contributed by atoms with Crippen LogP contribution in [-0.2, 0) is 6.42 Å². The van der Waals surface area contributed by atoms with Gasteiger partial charge in [0.1, 0.15) is 0 Å². The Morgan fingerprint density at radius 1 is 1.05 bits per heavy atom. The number of hydrogen-bond donors (Lipinski definition) is 1. The zero-order valence-electron chi connectivity index (χ0n) is 12.4. The molecule has 1 aromatic rings. The zero-order valence-corrected chi connectivity index (χ0v) is 12.4. The third-order valence-corrected chi connectivity index (χ3v) is 4.44. The van der Waals surface area contributed by atoms with Crippen molar-refractivity contribution in [1.29, 1.82) is 0 Å².